The molecular formula is C28H29N3O5. The van der Waals surface area contributed by atoms with Gasteiger partial charge in [0.25, 0.3) is 17.7 Å². The number of carbonyl (C=O) groups excluding carboxylic acids is 3. The van der Waals surface area contributed by atoms with Crippen molar-refractivity contribution in [3.05, 3.63) is 89.5 Å². The summed E-state index contributed by atoms with van der Waals surface area (Å²) in [4.78, 5) is 41.3. The molecule has 4 rings (SSSR count). The second-order valence-electron chi connectivity index (χ2n) is 8.54. The van der Waals surface area contributed by atoms with Crippen LogP contribution in [0, 0.1) is 6.92 Å². The largest absolute Gasteiger partial charge is 0.497 e. The van der Waals surface area contributed by atoms with Gasteiger partial charge in [-0.2, -0.15) is 0 Å². The van der Waals surface area contributed by atoms with Crippen molar-refractivity contribution in [1.29, 1.82) is 0 Å². The maximum absolute atomic E-state index is 12.9. The topological polar surface area (TPSA) is 88.2 Å². The van der Waals surface area contributed by atoms with E-state index in [4.69, 9.17) is 9.47 Å². The number of nitrogens with one attached hydrogen (secondary N) is 1. The summed E-state index contributed by atoms with van der Waals surface area (Å²) < 4.78 is 10.7. The molecular weight excluding hydrogens is 458 g/mol. The molecule has 3 aromatic carbocycles. The van der Waals surface area contributed by atoms with Crippen LogP contribution in [0.2, 0.25) is 0 Å². The van der Waals surface area contributed by atoms with Gasteiger partial charge >= 0.3 is 0 Å². The Morgan fingerprint density at radius 1 is 0.778 bits per heavy atom. The molecule has 1 N–H and O–H groups in total. The van der Waals surface area contributed by atoms with Crippen molar-refractivity contribution in [3.63, 3.8) is 0 Å². The van der Waals surface area contributed by atoms with Crippen LogP contribution in [0.15, 0.2) is 72.8 Å². The molecule has 8 heteroatoms. The lowest BCUT2D eigenvalue weighted by Gasteiger charge is -2.35. The van der Waals surface area contributed by atoms with Gasteiger partial charge in [-0.1, -0.05) is 23.8 Å². The zero-order valence-corrected chi connectivity index (χ0v) is 20.4. The summed E-state index contributed by atoms with van der Waals surface area (Å²) in [5.74, 6) is 0.717. The first-order chi connectivity index (χ1) is 17.4. The third-order valence-corrected chi connectivity index (χ3v) is 5.98. The van der Waals surface area contributed by atoms with Gasteiger partial charge in [0.15, 0.2) is 6.61 Å². The van der Waals surface area contributed by atoms with Gasteiger partial charge in [0.05, 0.1) is 7.11 Å². The molecule has 1 aliphatic heterocycles. The Labute approximate surface area is 210 Å². The van der Waals surface area contributed by atoms with Gasteiger partial charge in [-0.25, -0.2) is 0 Å². The van der Waals surface area contributed by atoms with Crippen LogP contribution in [-0.2, 0) is 4.79 Å². The maximum atomic E-state index is 12.9. The molecule has 0 aromatic heterocycles. The van der Waals surface area contributed by atoms with Crippen molar-refractivity contribution in [2.24, 2.45) is 0 Å². The molecule has 36 heavy (non-hydrogen) atoms. The minimum Gasteiger partial charge on any atom is -0.497 e. The summed E-state index contributed by atoms with van der Waals surface area (Å²) in [6.45, 7) is 3.74. The van der Waals surface area contributed by atoms with Crippen molar-refractivity contribution in [1.82, 2.24) is 9.80 Å². The first-order valence-corrected chi connectivity index (χ1v) is 11.7. The summed E-state index contributed by atoms with van der Waals surface area (Å²) >= 11 is 0. The highest BCUT2D eigenvalue weighted by atomic mass is 16.5. The number of rotatable bonds is 7. The van der Waals surface area contributed by atoms with Gasteiger partial charge in [-0.05, 0) is 55.5 Å². The van der Waals surface area contributed by atoms with Crippen molar-refractivity contribution in [3.8, 4) is 11.5 Å². The molecule has 1 fully saturated rings. The third kappa shape index (κ3) is 6.21. The molecule has 8 nitrogen and oxygen atoms in total. The molecule has 1 saturated heterocycles. The second kappa shape index (κ2) is 11.4. The Morgan fingerprint density at radius 3 is 1.89 bits per heavy atom. The smallest absolute Gasteiger partial charge is 0.262 e. The van der Waals surface area contributed by atoms with E-state index in [0.717, 1.165) is 5.56 Å². The predicted octanol–water partition coefficient (Wildman–Crippen LogP) is 3.62. The number of benzene rings is 3. The van der Waals surface area contributed by atoms with Crippen molar-refractivity contribution in [2.45, 2.75) is 6.92 Å². The van der Waals surface area contributed by atoms with Crippen molar-refractivity contribution in [2.75, 3.05) is 45.2 Å². The molecule has 0 radical (unpaired) electrons. The maximum Gasteiger partial charge on any atom is 0.262 e. The average molecular weight is 488 g/mol. The van der Waals surface area contributed by atoms with Crippen LogP contribution in [0.4, 0.5) is 5.69 Å². The van der Waals surface area contributed by atoms with Crippen molar-refractivity contribution >= 4 is 23.4 Å². The number of nitrogens with zero attached hydrogens (tertiary/aromatic N) is 2. The number of hydrogen-bond acceptors (Lipinski definition) is 5. The minimum atomic E-state index is -0.304. The SMILES string of the molecule is COc1cccc(NC(=O)COc2ccc(C(=O)N3CCN(C(=O)c4ccc(C)cc4)CC3)cc2)c1. The van der Waals surface area contributed by atoms with Gasteiger partial charge in [-0.15, -0.1) is 0 Å². The molecule has 0 atom stereocenters. The van der Waals surface area contributed by atoms with Gasteiger partial charge < -0.3 is 24.6 Å². The van der Waals surface area contributed by atoms with E-state index >= 15 is 0 Å². The van der Waals surface area contributed by atoms with E-state index in [9.17, 15) is 14.4 Å². The summed E-state index contributed by atoms with van der Waals surface area (Å²) in [5.41, 5.74) is 2.91. The van der Waals surface area contributed by atoms with Crippen LogP contribution in [0.25, 0.3) is 0 Å². The quantitative estimate of drug-likeness (QED) is 0.550. The molecule has 0 unspecified atom stereocenters. The molecule has 0 aliphatic carbocycles. The normalized spacial score (nSPS) is 13.2. The number of hydrogen-bond donors (Lipinski definition) is 1. The van der Waals surface area contributed by atoms with Crippen molar-refractivity contribution < 1.29 is 23.9 Å². The lowest BCUT2D eigenvalue weighted by Crippen LogP contribution is -2.50. The van der Waals surface area contributed by atoms with Gasteiger partial charge in [0.2, 0.25) is 0 Å². The lowest BCUT2D eigenvalue weighted by atomic mass is 10.1. The van der Waals surface area contributed by atoms with Gasteiger partial charge in [0, 0.05) is 49.1 Å². The Hall–Kier alpha value is -4.33. The Balaban J connectivity index is 1.25. The fraction of sp³-hybridized carbons (Fsp3) is 0.250. The molecule has 0 bridgehead atoms. The molecule has 1 aliphatic rings. The summed E-state index contributed by atoms with van der Waals surface area (Å²) in [5, 5.41) is 2.75. The van der Waals surface area contributed by atoms with Gasteiger partial charge in [-0.3, -0.25) is 14.4 Å². The standard InChI is InChI=1S/C28H29N3O5/c1-20-6-8-21(9-7-20)27(33)30-14-16-31(17-15-30)28(34)22-10-12-24(13-11-22)36-19-26(32)29-23-4-3-5-25(18-23)35-2/h3-13,18H,14-17,19H2,1-2H3,(H,29,32). The van der Waals surface area contributed by atoms with E-state index in [-0.39, 0.29) is 24.3 Å². The molecule has 0 saturated carbocycles. The van der Waals surface area contributed by atoms with E-state index in [1.807, 2.05) is 31.2 Å². The van der Waals surface area contributed by atoms with Crippen LogP contribution in [0.1, 0.15) is 26.3 Å². The number of carbonyl (C=O) groups is 3. The van der Waals surface area contributed by atoms with E-state index in [0.29, 0.717) is 54.5 Å². The van der Waals surface area contributed by atoms with E-state index < -0.39 is 0 Å². The molecule has 0 spiro atoms. The molecule has 186 valence electrons. The average Bonchev–Trinajstić information content (AvgIpc) is 2.92. The zero-order chi connectivity index (χ0) is 25.5. The third-order valence-electron chi connectivity index (χ3n) is 5.98. The van der Waals surface area contributed by atoms with Crippen LogP contribution in [0.5, 0.6) is 11.5 Å². The zero-order valence-electron chi connectivity index (χ0n) is 20.4. The summed E-state index contributed by atoms with van der Waals surface area (Å²) in [6, 6.07) is 21.3. The fourth-order valence-electron chi connectivity index (χ4n) is 3.91. The number of aryl methyl sites for hydroxylation is 1. The minimum absolute atomic E-state index is 0.0148. The van der Waals surface area contributed by atoms with Crippen LogP contribution in [0.3, 0.4) is 0 Å². The number of methoxy groups -OCH3 is 1. The highest BCUT2D eigenvalue weighted by molar-refractivity contribution is 5.96. The molecule has 1 heterocycles. The first kappa shape index (κ1) is 24.8. The van der Waals surface area contributed by atoms with Crippen LogP contribution in [-0.4, -0.2) is 67.4 Å². The Morgan fingerprint density at radius 2 is 1.33 bits per heavy atom. The predicted molar refractivity (Wildman–Crippen MR) is 137 cm³/mol. The van der Waals surface area contributed by atoms with E-state index in [1.165, 1.54) is 0 Å². The number of anilines is 1. The van der Waals surface area contributed by atoms with E-state index in [2.05, 4.69) is 5.32 Å². The van der Waals surface area contributed by atoms with Crippen LogP contribution >= 0.6 is 0 Å². The summed E-state index contributed by atoms with van der Waals surface area (Å²) in [6.07, 6.45) is 0. The van der Waals surface area contributed by atoms with Crippen LogP contribution < -0.4 is 14.8 Å². The second-order valence-corrected chi connectivity index (χ2v) is 8.54. The Kier molecular flexibility index (Phi) is 7.85. The highest BCUT2D eigenvalue weighted by Crippen LogP contribution is 2.18. The fourth-order valence-corrected chi connectivity index (χ4v) is 3.91. The number of amides is 3. The molecule has 3 amide bonds. The molecule has 3 aromatic rings. The lowest BCUT2D eigenvalue weighted by molar-refractivity contribution is -0.118. The van der Waals surface area contributed by atoms with Gasteiger partial charge in [0.1, 0.15) is 11.5 Å². The first-order valence-electron chi connectivity index (χ1n) is 11.7. The van der Waals surface area contributed by atoms with E-state index in [1.54, 1.807) is 65.4 Å². The highest BCUT2D eigenvalue weighted by Gasteiger charge is 2.25. The number of piperazine rings is 1. The number of ether oxygens (including phenoxy) is 2. The monoisotopic (exact) mass is 487 g/mol. The Bertz CT molecular complexity index is 1220. The summed E-state index contributed by atoms with van der Waals surface area (Å²) in [7, 11) is 1.56.